The first-order valence-electron chi connectivity index (χ1n) is 6.84. The summed E-state index contributed by atoms with van der Waals surface area (Å²) >= 11 is 3.26. The summed E-state index contributed by atoms with van der Waals surface area (Å²) in [6.45, 7) is 5.40. The van der Waals surface area contributed by atoms with Crippen molar-refractivity contribution in [1.29, 1.82) is 0 Å². The van der Waals surface area contributed by atoms with Crippen LogP contribution in [0.25, 0.3) is 0 Å². The summed E-state index contributed by atoms with van der Waals surface area (Å²) in [7, 11) is 0. The minimum Gasteiger partial charge on any atom is -0.336 e. The highest BCUT2D eigenvalue weighted by molar-refractivity contribution is 9.10. The van der Waals surface area contributed by atoms with Gasteiger partial charge in [0, 0.05) is 49.8 Å². The van der Waals surface area contributed by atoms with Crippen LogP contribution in [0.1, 0.15) is 10.4 Å². The minimum absolute atomic E-state index is 0.0248. The summed E-state index contributed by atoms with van der Waals surface area (Å²) in [5.74, 6) is -0.362. The molecule has 1 amide bonds. The van der Waals surface area contributed by atoms with Gasteiger partial charge < -0.3 is 10.2 Å². The lowest BCUT2D eigenvalue weighted by atomic mass is 10.1. The monoisotopic (exact) mass is 341 g/mol. The molecular weight excluding hydrogens is 325 g/mol. The number of hydrogen-bond acceptors (Lipinski definition) is 3. The summed E-state index contributed by atoms with van der Waals surface area (Å²) in [5.41, 5.74) is 0.533. The second-order valence-corrected chi connectivity index (χ2v) is 6.12. The number of nitrogens with zero attached hydrogens (tertiary/aromatic N) is 2. The fourth-order valence-corrected chi connectivity index (χ4v) is 3.18. The van der Waals surface area contributed by atoms with Crippen LogP contribution in [0.2, 0.25) is 0 Å². The highest BCUT2D eigenvalue weighted by Crippen LogP contribution is 2.21. The van der Waals surface area contributed by atoms with Gasteiger partial charge in [0.05, 0.1) is 5.56 Å². The summed E-state index contributed by atoms with van der Waals surface area (Å²) in [4.78, 5) is 16.7. The standard InChI is InChI=1S/C14H17BrFN3O/c15-13-7-10(16)1-2-12(13)14(20)19-5-3-18(4-6-19)11-8-17-9-11/h1-2,7,11,17H,3-6,8-9H2. The van der Waals surface area contributed by atoms with E-state index in [0.717, 1.165) is 39.3 Å². The molecule has 0 atom stereocenters. The third kappa shape index (κ3) is 2.73. The highest BCUT2D eigenvalue weighted by atomic mass is 79.9. The van der Waals surface area contributed by atoms with Gasteiger partial charge in [-0.1, -0.05) is 0 Å². The van der Waals surface area contributed by atoms with E-state index in [4.69, 9.17) is 0 Å². The molecule has 20 heavy (non-hydrogen) atoms. The lowest BCUT2D eigenvalue weighted by molar-refractivity contribution is 0.0501. The fourth-order valence-electron chi connectivity index (χ4n) is 2.66. The van der Waals surface area contributed by atoms with Crippen molar-refractivity contribution in [3.05, 3.63) is 34.1 Å². The quantitative estimate of drug-likeness (QED) is 0.881. The molecule has 0 saturated carbocycles. The molecule has 108 valence electrons. The average molecular weight is 342 g/mol. The lowest BCUT2D eigenvalue weighted by Gasteiger charge is -2.43. The van der Waals surface area contributed by atoms with E-state index in [1.54, 1.807) is 6.07 Å². The normalized spacial score (nSPS) is 20.8. The molecule has 4 nitrogen and oxygen atoms in total. The Morgan fingerprint density at radius 3 is 2.50 bits per heavy atom. The van der Waals surface area contributed by atoms with Gasteiger partial charge in [-0.05, 0) is 34.1 Å². The molecule has 1 N–H and O–H groups in total. The zero-order chi connectivity index (χ0) is 14.1. The molecule has 0 unspecified atom stereocenters. The van der Waals surface area contributed by atoms with Crippen LogP contribution in [-0.4, -0.2) is 61.0 Å². The fraction of sp³-hybridized carbons (Fsp3) is 0.500. The first-order chi connectivity index (χ1) is 9.65. The Bertz CT molecular complexity index is 513. The first-order valence-corrected chi connectivity index (χ1v) is 7.63. The number of carbonyl (C=O) groups excluding carboxylic acids is 1. The topological polar surface area (TPSA) is 35.6 Å². The van der Waals surface area contributed by atoms with E-state index in [-0.39, 0.29) is 11.7 Å². The van der Waals surface area contributed by atoms with Crippen LogP contribution in [0.15, 0.2) is 22.7 Å². The molecule has 2 saturated heterocycles. The largest absolute Gasteiger partial charge is 0.336 e. The molecule has 0 aromatic heterocycles. The molecule has 2 heterocycles. The van der Waals surface area contributed by atoms with Gasteiger partial charge in [0.25, 0.3) is 5.91 Å². The van der Waals surface area contributed by atoms with Gasteiger partial charge in [-0.15, -0.1) is 0 Å². The van der Waals surface area contributed by atoms with Crippen LogP contribution in [0.4, 0.5) is 4.39 Å². The van der Waals surface area contributed by atoms with Gasteiger partial charge in [-0.3, -0.25) is 9.69 Å². The molecule has 0 bridgehead atoms. The number of amides is 1. The zero-order valence-electron chi connectivity index (χ0n) is 11.1. The number of piperazine rings is 1. The molecular formula is C14H17BrFN3O. The van der Waals surface area contributed by atoms with Gasteiger partial charge in [0.1, 0.15) is 5.82 Å². The molecule has 2 aliphatic heterocycles. The van der Waals surface area contributed by atoms with Gasteiger partial charge in [-0.25, -0.2) is 4.39 Å². The second kappa shape index (κ2) is 5.79. The average Bonchev–Trinajstić information content (AvgIpc) is 2.37. The Morgan fingerprint density at radius 2 is 1.95 bits per heavy atom. The van der Waals surface area contributed by atoms with E-state index < -0.39 is 0 Å². The van der Waals surface area contributed by atoms with Crippen molar-refractivity contribution in [2.75, 3.05) is 39.3 Å². The van der Waals surface area contributed by atoms with Crippen LogP contribution < -0.4 is 5.32 Å². The molecule has 3 rings (SSSR count). The zero-order valence-corrected chi connectivity index (χ0v) is 12.7. The number of nitrogens with one attached hydrogen (secondary N) is 1. The van der Waals surface area contributed by atoms with Crippen LogP contribution in [0.3, 0.4) is 0 Å². The summed E-state index contributed by atoms with van der Waals surface area (Å²) < 4.78 is 13.6. The molecule has 1 aromatic carbocycles. The van der Waals surface area contributed by atoms with Gasteiger partial charge >= 0.3 is 0 Å². The molecule has 0 radical (unpaired) electrons. The number of halogens is 2. The maximum atomic E-state index is 13.1. The Hall–Kier alpha value is -0.980. The number of hydrogen-bond donors (Lipinski definition) is 1. The third-order valence-corrected chi connectivity index (χ3v) is 4.70. The maximum Gasteiger partial charge on any atom is 0.255 e. The van der Waals surface area contributed by atoms with Crippen LogP contribution >= 0.6 is 15.9 Å². The third-order valence-electron chi connectivity index (χ3n) is 4.04. The molecule has 2 fully saturated rings. The Morgan fingerprint density at radius 1 is 1.25 bits per heavy atom. The van der Waals surface area contributed by atoms with E-state index in [0.29, 0.717) is 16.1 Å². The summed E-state index contributed by atoms with van der Waals surface area (Å²) in [6.07, 6.45) is 0. The van der Waals surface area contributed by atoms with E-state index in [1.165, 1.54) is 12.1 Å². The predicted octanol–water partition coefficient (Wildman–Crippen LogP) is 1.32. The highest BCUT2D eigenvalue weighted by Gasteiger charge is 2.29. The minimum atomic E-state index is -0.337. The molecule has 6 heteroatoms. The maximum absolute atomic E-state index is 13.1. The SMILES string of the molecule is O=C(c1ccc(F)cc1Br)N1CCN(C2CNC2)CC1. The molecule has 0 spiro atoms. The van der Waals surface area contributed by atoms with Gasteiger partial charge in [0.15, 0.2) is 0 Å². The van der Waals surface area contributed by atoms with E-state index in [2.05, 4.69) is 26.1 Å². The Labute approximate surface area is 126 Å². The summed E-state index contributed by atoms with van der Waals surface area (Å²) in [6, 6.07) is 4.84. The molecule has 0 aliphatic carbocycles. The van der Waals surface area contributed by atoms with Crippen molar-refractivity contribution in [2.24, 2.45) is 0 Å². The second-order valence-electron chi connectivity index (χ2n) is 5.26. The number of carbonyl (C=O) groups is 1. The van der Waals surface area contributed by atoms with E-state index >= 15 is 0 Å². The predicted molar refractivity (Wildman–Crippen MR) is 78.2 cm³/mol. The number of rotatable bonds is 2. The van der Waals surface area contributed by atoms with E-state index in [1.807, 2.05) is 4.90 Å². The number of benzene rings is 1. The molecule has 2 aliphatic rings. The van der Waals surface area contributed by atoms with E-state index in [9.17, 15) is 9.18 Å². The smallest absolute Gasteiger partial charge is 0.255 e. The van der Waals surface area contributed by atoms with Gasteiger partial charge in [0.2, 0.25) is 0 Å². The van der Waals surface area contributed by atoms with Crippen molar-refractivity contribution in [3.8, 4) is 0 Å². The van der Waals surface area contributed by atoms with Gasteiger partial charge in [-0.2, -0.15) is 0 Å². The van der Waals surface area contributed by atoms with Crippen molar-refractivity contribution < 1.29 is 9.18 Å². The van der Waals surface area contributed by atoms with Crippen LogP contribution in [0, 0.1) is 5.82 Å². The van der Waals surface area contributed by atoms with Crippen LogP contribution in [0.5, 0.6) is 0 Å². The van der Waals surface area contributed by atoms with Crippen molar-refractivity contribution in [1.82, 2.24) is 15.1 Å². The Kier molecular flexibility index (Phi) is 4.05. The molecule has 1 aromatic rings. The lowest BCUT2D eigenvalue weighted by Crippen LogP contribution is -2.62. The van der Waals surface area contributed by atoms with Crippen molar-refractivity contribution in [3.63, 3.8) is 0 Å². The Balaban J connectivity index is 1.63. The van der Waals surface area contributed by atoms with Crippen molar-refractivity contribution >= 4 is 21.8 Å². The first kappa shape index (κ1) is 14.0. The van der Waals surface area contributed by atoms with Crippen LogP contribution in [-0.2, 0) is 0 Å². The van der Waals surface area contributed by atoms with Crippen molar-refractivity contribution in [2.45, 2.75) is 6.04 Å². The summed E-state index contributed by atoms with van der Waals surface area (Å²) in [5, 5.41) is 3.27.